The molecule has 2 heterocycles. The van der Waals surface area contributed by atoms with Crippen LogP contribution in [0.2, 0.25) is 0 Å². The number of nitrogens with one attached hydrogen (secondary N) is 1. The monoisotopic (exact) mass is 394 g/mol. The van der Waals surface area contributed by atoms with Gasteiger partial charge in [0, 0.05) is 18.3 Å². The van der Waals surface area contributed by atoms with Crippen molar-refractivity contribution in [1.82, 2.24) is 14.8 Å². The average Bonchev–Trinajstić information content (AvgIpc) is 3.27. The van der Waals surface area contributed by atoms with Gasteiger partial charge < -0.3 is 9.88 Å². The number of thioether (sulfide) groups is 1. The van der Waals surface area contributed by atoms with E-state index >= 15 is 0 Å². The van der Waals surface area contributed by atoms with Crippen molar-refractivity contribution in [2.45, 2.75) is 30.8 Å². The van der Waals surface area contributed by atoms with Crippen molar-refractivity contribution >= 4 is 34.7 Å². The van der Waals surface area contributed by atoms with Crippen LogP contribution >= 0.6 is 23.1 Å². The molecule has 3 rings (SSSR count). The summed E-state index contributed by atoms with van der Waals surface area (Å²) in [5, 5.41) is 13.1. The number of amides is 1. The van der Waals surface area contributed by atoms with Crippen LogP contribution in [0.3, 0.4) is 0 Å². The highest BCUT2D eigenvalue weighted by atomic mass is 32.2. The first-order chi connectivity index (χ1) is 12.5. The molecule has 9 heteroatoms. The lowest BCUT2D eigenvalue weighted by Crippen LogP contribution is -2.23. The number of thiophene rings is 1. The molecule has 0 aliphatic heterocycles. The van der Waals surface area contributed by atoms with E-state index in [4.69, 9.17) is 0 Å². The molecule has 1 atom stereocenters. The summed E-state index contributed by atoms with van der Waals surface area (Å²) in [7, 11) is 0. The van der Waals surface area contributed by atoms with Crippen LogP contribution in [0.25, 0.3) is 10.7 Å². The Hall–Kier alpha value is -2.26. The summed E-state index contributed by atoms with van der Waals surface area (Å²) >= 11 is 2.83. The van der Waals surface area contributed by atoms with Crippen LogP contribution in [0.4, 0.5) is 14.5 Å². The summed E-state index contributed by atoms with van der Waals surface area (Å²) in [4.78, 5) is 13.3. The van der Waals surface area contributed by atoms with Gasteiger partial charge in [0.15, 0.2) is 22.6 Å². The first-order valence-electron chi connectivity index (χ1n) is 7.89. The SMILES string of the molecule is CCn1c(S[C@H](C)C(=O)Nc2ccc(F)c(F)c2)nnc1-c1cccs1. The van der Waals surface area contributed by atoms with Crippen molar-refractivity contribution < 1.29 is 13.6 Å². The summed E-state index contributed by atoms with van der Waals surface area (Å²) in [6, 6.07) is 7.16. The highest BCUT2D eigenvalue weighted by molar-refractivity contribution is 8.00. The minimum atomic E-state index is -1.01. The molecule has 0 spiro atoms. The van der Waals surface area contributed by atoms with Crippen molar-refractivity contribution in [2.24, 2.45) is 0 Å². The summed E-state index contributed by atoms with van der Waals surface area (Å²) < 4.78 is 28.2. The minimum absolute atomic E-state index is 0.206. The van der Waals surface area contributed by atoms with Crippen molar-refractivity contribution in [3.8, 4) is 10.7 Å². The van der Waals surface area contributed by atoms with Gasteiger partial charge in [-0.2, -0.15) is 0 Å². The smallest absolute Gasteiger partial charge is 0.237 e. The summed E-state index contributed by atoms with van der Waals surface area (Å²) in [6.07, 6.45) is 0. The summed E-state index contributed by atoms with van der Waals surface area (Å²) in [5.74, 6) is -1.53. The number of benzene rings is 1. The van der Waals surface area contributed by atoms with E-state index in [2.05, 4.69) is 15.5 Å². The van der Waals surface area contributed by atoms with Crippen LogP contribution in [0, 0.1) is 11.6 Å². The van der Waals surface area contributed by atoms with E-state index in [1.54, 1.807) is 18.3 Å². The topological polar surface area (TPSA) is 59.8 Å². The Morgan fingerprint density at radius 1 is 1.31 bits per heavy atom. The molecule has 0 unspecified atom stereocenters. The van der Waals surface area contributed by atoms with Gasteiger partial charge in [-0.15, -0.1) is 21.5 Å². The van der Waals surface area contributed by atoms with Gasteiger partial charge in [-0.25, -0.2) is 8.78 Å². The molecular formula is C17H16F2N4OS2. The lowest BCUT2D eigenvalue weighted by Gasteiger charge is -2.12. The fourth-order valence-electron chi connectivity index (χ4n) is 2.28. The fraction of sp³-hybridized carbons (Fsp3) is 0.235. The normalized spacial score (nSPS) is 12.2. The third-order valence-corrected chi connectivity index (χ3v) is 5.56. The average molecular weight is 394 g/mol. The van der Waals surface area contributed by atoms with Crippen molar-refractivity contribution in [3.63, 3.8) is 0 Å². The molecule has 0 aliphatic carbocycles. The second-order valence-electron chi connectivity index (χ2n) is 5.41. The number of hydrogen-bond acceptors (Lipinski definition) is 5. The molecule has 0 radical (unpaired) electrons. The highest BCUT2D eigenvalue weighted by Crippen LogP contribution is 2.29. The molecule has 1 aromatic carbocycles. The largest absolute Gasteiger partial charge is 0.325 e. The van der Waals surface area contributed by atoms with Crippen LogP contribution in [0.15, 0.2) is 40.9 Å². The van der Waals surface area contributed by atoms with Crippen LogP contribution in [0.5, 0.6) is 0 Å². The van der Waals surface area contributed by atoms with E-state index in [1.165, 1.54) is 17.8 Å². The molecule has 0 bridgehead atoms. The lowest BCUT2D eigenvalue weighted by molar-refractivity contribution is -0.115. The zero-order valence-electron chi connectivity index (χ0n) is 14.1. The number of aromatic nitrogens is 3. The number of nitrogens with zero attached hydrogens (tertiary/aromatic N) is 3. The maximum atomic E-state index is 13.3. The Balaban J connectivity index is 1.72. The zero-order valence-corrected chi connectivity index (χ0v) is 15.7. The van der Waals surface area contributed by atoms with E-state index in [-0.39, 0.29) is 11.6 Å². The van der Waals surface area contributed by atoms with Gasteiger partial charge in [-0.3, -0.25) is 4.79 Å². The number of rotatable bonds is 6. The molecule has 1 N–H and O–H groups in total. The van der Waals surface area contributed by atoms with Gasteiger partial charge in [0.1, 0.15) is 0 Å². The van der Waals surface area contributed by atoms with E-state index in [0.29, 0.717) is 11.7 Å². The van der Waals surface area contributed by atoms with Gasteiger partial charge in [-0.05, 0) is 37.4 Å². The highest BCUT2D eigenvalue weighted by Gasteiger charge is 2.21. The number of carbonyl (C=O) groups is 1. The molecule has 0 aliphatic rings. The standard InChI is InChI=1S/C17H16F2N4OS2/c1-3-23-15(14-5-4-8-25-14)21-22-17(23)26-10(2)16(24)20-11-6-7-12(18)13(19)9-11/h4-10H,3H2,1-2H3,(H,20,24)/t10-/m1/s1. The van der Waals surface area contributed by atoms with Gasteiger partial charge in [-0.1, -0.05) is 17.8 Å². The number of anilines is 1. The number of halogens is 2. The van der Waals surface area contributed by atoms with Gasteiger partial charge in [0.05, 0.1) is 10.1 Å². The van der Waals surface area contributed by atoms with Crippen molar-refractivity contribution in [2.75, 3.05) is 5.32 Å². The molecule has 136 valence electrons. The summed E-state index contributed by atoms with van der Waals surface area (Å²) in [6.45, 7) is 4.37. The first-order valence-corrected chi connectivity index (χ1v) is 9.65. The van der Waals surface area contributed by atoms with Crippen LogP contribution in [-0.4, -0.2) is 25.9 Å². The van der Waals surface area contributed by atoms with E-state index < -0.39 is 16.9 Å². The molecule has 0 fully saturated rings. The van der Waals surface area contributed by atoms with Gasteiger partial charge in [0.25, 0.3) is 0 Å². The quantitative estimate of drug-likeness (QED) is 0.629. The number of hydrogen-bond donors (Lipinski definition) is 1. The Bertz CT molecular complexity index is 912. The Kier molecular flexibility index (Phi) is 5.67. The second kappa shape index (κ2) is 7.96. The molecule has 26 heavy (non-hydrogen) atoms. The summed E-state index contributed by atoms with van der Waals surface area (Å²) in [5.41, 5.74) is 0.206. The first kappa shape index (κ1) is 18.5. The molecule has 0 saturated carbocycles. The predicted molar refractivity (Wildman–Crippen MR) is 99.3 cm³/mol. The van der Waals surface area contributed by atoms with Crippen molar-refractivity contribution in [1.29, 1.82) is 0 Å². The minimum Gasteiger partial charge on any atom is -0.325 e. The lowest BCUT2D eigenvalue weighted by atomic mass is 10.3. The molecule has 0 saturated heterocycles. The molecule has 3 aromatic rings. The molecule has 2 aromatic heterocycles. The third-order valence-electron chi connectivity index (χ3n) is 3.61. The Morgan fingerprint density at radius 2 is 2.12 bits per heavy atom. The molecule has 1 amide bonds. The van der Waals surface area contributed by atoms with E-state index in [9.17, 15) is 13.6 Å². The zero-order chi connectivity index (χ0) is 18.7. The van der Waals surface area contributed by atoms with Crippen molar-refractivity contribution in [3.05, 3.63) is 47.3 Å². The van der Waals surface area contributed by atoms with Gasteiger partial charge >= 0.3 is 0 Å². The molecular weight excluding hydrogens is 378 g/mol. The Morgan fingerprint density at radius 3 is 2.77 bits per heavy atom. The van der Waals surface area contributed by atoms with E-state index in [0.717, 1.165) is 22.8 Å². The Labute approximate surface area is 157 Å². The van der Waals surface area contributed by atoms with E-state index in [1.807, 2.05) is 29.0 Å². The maximum Gasteiger partial charge on any atom is 0.237 e. The predicted octanol–water partition coefficient (Wildman–Crippen LogP) is 4.42. The fourth-order valence-corrected chi connectivity index (χ4v) is 3.91. The van der Waals surface area contributed by atoms with Crippen LogP contribution in [0.1, 0.15) is 13.8 Å². The van der Waals surface area contributed by atoms with Crippen LogP contribution in [-0.2, 0) is 11.3 Å². The maximum absolute atomic E-state index is 13.3. The van der Waals surface area contributed by atoms with Crippen LogP contribution < -0.4 is 5.32 Å². The molecule has 5 nitrogen and oxygen atoms in total. The van der Waals surface area contributed by atoms with Gasteiger partial charge in [0.2, 0.25) is 5.91 Å². The third kappa shape index (κ3) is 3.94. The second-order valence-corrected chi connectivity index (χ2v) is 7.66. The number of carbonyl (C=O) groups excluding carboxylic acids is 1.